The Hall–Kier alpha value is -1.36. The first-order valence-corrected chi connectivity index (χ1v) is 4.59. The summed E-state index contributed by atoms with van der Waals surface area (Å²) in [6.45, 7) is 3.41. The lowest BCUT2D eigenvalue weighted by Crippen LogP contribution is -2.07. The molecule has 0 amide bonds. The molecule has 0 fully saturated rings. The third-order valence-electron chi connectivity index (χ3n) is 1.55. The molecule has 0 aliphatic rings. The first-order valence-electron chi connectivity index (χ1n) is 4.22. The molecule has 0 heterocycles. The average molecular weight is 234 g/mol. The van der Waals surface area contributed by atoms with Crippen molar-refractivity contribution in [2.75, 3.05) is 0 Å². The third kappa shape index (κ3) is 2.79. The molecular formula is C9H9ClFNO3. The van der Waals surface area contributed by atoms with E-state index in [0.29, 0.717) is 0 Å². The van der Waals surface area contributed by atoms with Crippen LogP contribution in [0.3, 0.4) is 0 Å². The Labute approximate surface area is 90.8 Å². The Morgan fingerprint density at radius 3 is 2.53 bits per heavy atom. The number of non-ortho nitro benzene ring substituents is 1. The van der Waals surface area contributed by atoms with Crippen molar-refractivity contribution in [1.82, 2.24) is 0 Å². The molecule has 0 spiro atoms. The van der Waals surface area contributed by atoms with Crippen LogP contribution in [0.25, 0.3) is 0 Å². The van der Waals surface area contributed by atoms with E-state index in [4.69, 9.17) is 16.3 Å². The van der Waals surface area contributed by atoms with E-state index in [1.807, 2.05) is 0 Å². The molecule has 0 unspecified atom stereocenters. The van der Waals surface area contributed by atoms with Gasteiger partial charge in [0, 0.05) is 6.07 Å². The zero-order chi connectivity index (χ0) is 11.6. The van der Waals surface area contributed by atoms with Gasteiger partial charge >= 0.3 is 0 Å². The number of hydrogen-bond donors (Lipinski definition) is 0. The molecule has 0 saturated heterocycles. The third-order valence-corrected chi connectivity index (χ3v) is 1.83. The van der Waals surface area contributed by atoms with Gasteiger partial charge in [-0.15, -0.1) is 0 Å². The molecule has 4 nitrogen and oxygen atoms in total. The van der Waals surface area contributed by atoms with Gasteiger partial charge in [0.1, 0.15) is 0 Å². The number of nitrogens with zero attached hydrogens (tertiary/aromatic N) is 1. The first kappa shape index (κ1) is 11.7. The lowest BCUT2D eigenvalue weighted by atomic mass is 10.3. The molecule has 0 radical (unpaired) electrons. The Kier molecular flexibility index (Phi) is 3.47. The van der Waals surface area contributed by atoms with Crippen molar-refractivity contribution in [3.05, 3.63) is 33.1 Å². The van der Waals surface area contributed by atoms with Gasteiger partial charge in [0.2, 0.25) is 0 Å². The summed E-state index contributed by atoms with van der Waals surface area (Å²) >= 11 is 5.65. The highest BCUT2D eigenvalue weighted by Crippen LogP contribution is 2.32. The summed E-state index contributed by atoms with van der Waals surface area (Å²) in [5, 5.41) is 10.3. The fourth-order valence-corrected chi connectivity index (χ4v) is 1.25. The van der Waals surface area contributed by atoms with Gasteiger partial charge in [-0.2, -0.15) is 0 Å². The quantitative estimate of drug-likeness (QED) is 0.595. The number of ether oxygens (including phenoxy) is 1. The molecule has 0 N–H and O–H groups in total. The van der Waals surface area contributed by atoms with E-state index in [1.54, 1.807) is 13.8 Å². The molecule has 1 rings (SSSR count). The summed E-state index contributed by atoms with van der Waals surface area (Å²) in [6, 6.07) is 1.84. The number of nitro groups is 1. The van der Waals surface area contributed by atoms with Crippen LogP contribution in [0.4, 0.5) is 10.1 Å². The smallest absolute Gasteiger partial charge is 0.274 e. The Morgan fingerprint density at radius 1 is 1.53 bits per heavy atom. The highest BCUT2D eigenvalue weighted by atomic mass is 35.5. The molecule has 15 heavy (non-hydrogen) atoms. The van der Waals surface area contributed by atoms with Crippen molar-refractivity contribution in [3.8, 4) is 5.75 Å². The van der Waals surface area contributed by atoms with Crippen LogP contribution in [-0.2, 0) is 0 Å². The van der Waals surface area contributed by atoms with Gasteiger partial charge < -0.3 is 4.74 Å². The molecule has 1 aromatic carbocycles. The fraction of sp³-hybridized carbons (Fsp3) is 0.333. The molecular weight excluding hydrogens is 225 g/mol. The van der Waals surface area contributed by atoms with Crippen molar-refractivity contribution < 1.29 is 14.1 Å². The molecule has 0 saturated carbocycles. The van der Waals surface area contributed by atoms with Crippen LogP contribution in [0.2, 0.25) is 5.02 Å². The summed E-state index contributed by atoms with van der Waals surface area (Å²) in [6.07, 6.45) is -0.251. The van der Waals surface area contributed by atoms with E-state index >= 15 is 0 Å². The van der Waals surface area contributed by atoms with E-state index in [0.717, 1.165) is 12.1 Å². The first-order chi connectivity index (χ1) is 6.91. The summed E-state index contributed by atoms with van der Waals surface area (Å²) in [7, 11) is 0. The molecule has 0 atom stereocenters. The summed E-state index contributed by atoms with van der Waals surface area (Å²) < 4.78 is 18.4. The van der Waals surface area contributed by atoms with Gasteiger partial charge in [0.05, 0.1) is 22.1 Å². The highest BCUT2D eigenvalue weighted by molar-refractivity contribution is 6.32. The lowest BCUT2D eigenvalue weighted by molar-refractivity contribution is -0.385. The minimum absolute atomic E-state index is 0.101. The van der Waals surface area contributed by atoms with E-state index in [1.165, 1.54) is 0 Å². The van der Waals surface area contributed by atoms with Gasteiger partial charge in [0.15, 0.2) is 11.6 Å². The van der Waals surface area contributed by atoms with Crippen LogP contribution >= 0.6 is 11.6 Å². The number of benzene rings is 1. The predicted molar refractivity (Wildman–Crippen MR) is 53.8 cm³/mol. The van der Waals surface area contributed by atoms with E-state index < -0.39 is 16.4 Å². The summed E-state index contributed by atoms with van der Waals surface area (Å²) in [5.41, 5.74) is -0.395. The van der Waals surface area contributed by atoms with Crippen molar-refractivity contribution in [2.45, 2.75) is 20.0 Å². The summed E-state index contributed by atoms with van der Waals surface area (Å²) in [4.78, 5) is 9.66. The van der Waals surface area contributed by atoms with E-state index in [-0.39, 0.29) is 16.9 Å². The van der Waals surface area contributed by atoms with Crippen LogP contribution in [-0.4, -0.2) is 11.0 Å². The Bertz CT molecular complexity index is 372. The van der Waals surface area contributed by atoms with Crippen LogP contribution in [0.15, 0.2) is 12.1 Å². The van der Waals surface area contributed by atoms with Crippen LogP contribution in [0, 0.1) is 15.9 Å². The zero-order valence-corrected chi connectivity index (χ0v) is 8.92. The van der Waals surface area contributed by atoms with Crippen molar-refractivity contribution in [2.24, 2.45) is 0 Å². The second-order valence-corrected chi connectivity index (χ2v) is 3.57. The van der Waals surface area contributed by atoms with Crippen molar-refractivity contribution >= 4 is 17.3 Å². The Morgan fingerprint density at radius 2 is 2.13 bits per heavy atom. The molecule has 82 valence electrons. The average Bonchev–Trinajstić information content (AvgIpc) is 2.10. The number of rotatable bonds is 3. The maximum Gasteiger partial charge on any atom is 0.274 e. The standard InChI is InChI=1S/C9H9ClFNO3/c1-5(2)15-9-7(10)3-6(12(13)14)4-8(9)11/h3-5H,1-2H3. The van der Waals surface area contributed by atoms with Crippen LogP contribution < -0.4 is 4.74 Å². The largest absolute Gasteiger partial charge is 0.486 e. The maximum atomic E-state index is 13.3. The monoisotopic (exact) mass is 233 g/mol. The van der Waals surface area contributed by atoms with Crippen molar-refractivity contribution in [3.63, 3.8) is 0 Å². The topological polar surface area (TPSA) is 52.4 Å². The number of halogens is 2. The minimum Gasteiger partial charge on any atom is -0.486 e. The maximum absolute atomic E-state index is 13.3. The van der Waals surface area contributed by atoms with Gasteiger partial charge in [-0.05, 0) is 13.8 Å². The molecule has 0 aromatic heterocycles. The van der Waals surface area contributed by atoms with E-state index in [9.17, 15) is 14.5 Å². The normalized spacial score (nSPS) is 10.5. The van der Waals surface area contributed by atoms with Gasteiger partial charge in [-0.3, -0.25) is 10.1 Å². The molecule has 6 heteroatoms. The van der Waals surface area contributed by atoms with Gasteiger partial charge in [0.25, 0.3) is 5.69 Å². The van der Waals surface area contributed by atoms with Gasteiger partial charge in [-0.25, -0.2) is 4.39 Å². The van der Waals surface area contributed by atoms with E-state index in [2.05, 4.69) is 0 Å². The number of nitro benzene ring substituents is 1. The number of hydrogen-bond acceptors (Lipinski definition) is 3. The van der Waals surface area contributed by atoms with Crippen molar-refractivity contribution in [1.29, 1.82) is 0 Å². The lowest BCUT2D eigenvalue weighted by Gasteiger charge is -2.11. The highest BCUT2D eigenvalue weighted by Gasteiger charge is 2.17. The van der Waals surface area contributed by atoms with Gasteiger partial charge in [-0.1, -0.05) is 11.6 Å². The second-order valence-electron chi connectivity index (χ2n) is 3.16. The summed E-state index contributed by atoms with van der Waals surface area (Å²) in [5.74, 6) is -0.986. The van der Waals surface area contributed by atoms with Crippen LogP contribution in [0.5, 0.6) is 5.75 Å². The SMILES string of the molecule is CC(C)Oc1c(F)cc([N+](=O)[O-])cc1Cl. The Balaban J connectivity index is 3.15. The molecule has 0 aliphatic carbocycles. The minimum atomic E-state index is -0.831. The molecule has 0 aliphatic heterocycles. The van der Waals surface area contributed by atoms with Crippen LogP contribution in [0.1, 0.15) is 13.8 Å². The predicted octanol–water partition coefficient (Wildman–Crippen LogP) is 3.17. The second kappa shape index (κ2) is 4.44. The molecule has 1 aromatic rings. The zero-order valence-electron chi connectivity index (χ0n) is 8.16. The molecule has 0 bridgehead atoms. The fourth-order valence-electron chi connectivity index (χ4n) is 1.00.